The van der Waals surface area contributed by atoms with Crippen molar-refractivity contribution < 1.29 is 4.79 Å². The van der Waals surface area contributed by atoms with Crippen LogP contribution in [0.1, 0.15) is 41.6 Å². The number of carbonyl (C=O) groups excluding carboxylic acids is 1. The fraction of sp³-hybridized carbons (Fsp3) is 0.304. The lowest BCUT2D eigenvalue weighted by Gasteiger charge is -2.27. The molecular weight excluding hydrogens is 402 g/mol. The maximum atomic E-state index is 12.4. The number of rotatable bonds is 6. The molecule has 29 heavy (non-hydrogen) atoms. The van der Waals surface area contributed by atoms with E-state index in [2.05, 4.69) is 36.2 Å². The van der Waals surface area contributed by atoms with Crippen molar-refractivity contribution in [3.63, 3.8) is 0 Å². The first-order chi connectivity index (χ1) is 14.0. The Morgan fingerprint density at radius 1 is 1.17 bits per heavy atom. The number of hydrogen-bond donors (Lipinski definition) is 1. The van der Waals surface area contributed by atoms with E-state index in [4.69, 9.17) is 16.6 Å². The van der Waals surface area contributed by atoms with Gasteiger partial charge in [-0.15, -0.1) is 11.3 Å². The minimum atomic E-state index is -0.0252. The predicted molar refractivity (Wildman–Crippen MR) is 119 cm³/mol. The predicted octanol–water partition coefficient (Wildman–Crippen LogP) is 5.69. The van der Waals surface area contributed by atoms with Crippen LogP contribution in [0.3, 0.4) is 0 Å². The Morgan fingerprint density at radius 2 is 1.90 bits per heavy atom. The smallest absolute Gasteiger partial charge is 0.230 e. The monoisotopic (exact) mass is 425 g/mol. The van der Waals surface area contributed by atoms with Gasteiger partial charge >= 0.3 is 0 Å². The third-order valence-electron chi connectivity index (χ3n) is 5.13. The molecule has 2 heterocycles. The van der Waals surface area contributed by atoms with Gasteiger partial charge in [0.25, 0.3) is 0 Å². The molecule has 1 N–H and O–H groups in total. The van der Waals surface area contributed by atoms with Crippen LogP contribution in [-0.2, 0) is 24.3 Å². The molecular formula is C23H24ClN3OS. The number of nitrogens with one attached hydrogen (secondary N) is 1. The third kappa shape index (κ3) is 4.69. The zero-order valence-electron chi connectivity index (χ0n) is 16.6. The van der Waals surface area contributed by atoms with Gasteiger partial charge in [0.15, 0.2) is 5.13 Å². The Labute approximate surface area is 180 Å². The second-order valence-electron chi connectivity index (χ2n) is 7.76. The standard InChI is InChI=1S/C23H24ClN3OS/c1-15(2)22-21-19(14-27(22)13-17-8-10-18(24)11-9-17)29-23(26-21)25-20(28)12-16-6-4-3-5-7-16/h3-11,15,22H,12-14H2,1-2H3,(H,25,26,28)/t22-/m0/s1. The van der Waals surface area contributed by atoms with Crippen LogP contribution < -0.4 is 5.32 Å². The number of benzene rings is 2. The van der Waals surface area contributed by atoms with E-state index in [0.29, 0.717) is 17.5 Å². The first kappa shape index (κ1) is 20.1. The second-order valence-corrected chi connectivity index (χ2v) is 9.28. The van der Waals surface area contributed by atoms with E-state index in [1.54, 1.807) is 11.3 Å². The van der Waals surface area contributed by atoms with Gasteiger partial charge in [-0.05, 0) is 29.2 Å². The van der Waals surface area contributed by atoms with Crippen LogP contribution in [0.15, 0.2) is 54.6 Å². The van der Waals surface area contributed by atoms with Crippen molar-refractivity contribution >= 4 is 34.0 Å². The number of halogens is 1. The number of amides is 1. The molecule has 0 spiro atoms. The minimum absolute atomic E-state index is 0.0252. The molecule has 4 nitrogen and oxygen atoms in total. The lowest BCUT2D eigenvalue weighted by Crippen LogP contribution is -2.26. The SMILES string of the molecule is CC(C)[C@H]1c2nc(NC(=O)Cc3ccccc3)sc2CN1Cc1ccc(Cl)cc1. The molecule has 0 fully saturated rings. The van der Waals surface area contributed by atoms with Crippen molar-refractivity contribution in [2.45, 2.75) is 39.4 Å². The van der Waals surface area contributed by atoms with Crippen molar-refractivity contribution in [3.8, 4) is 0 Å². The summed E-state index contributed by atoms with van der Waals surface area (Å²) in [6.07, 6.45) is 0.362. The zero-order valence-corrected chi connectivity index (χ0v) is 18.1. The van der Waals surface area contributed by atoms with Gasteiger partial charge in [0.05, 0.1) is 18.2 Å². The number of anilines is 1. The quantitative estimate of drug-likeness (QED) is 0.551. The highest BCUT2D eigenvalue weighted by molar-refractivity contribution is 7.15. The fourth-order valence-electron chi connectivity index (χ4n) is 3.88. The maximum Gasteiger partial charge on any atom is 0.230 e. The van der Waals surface area contributed by atoms with E-state index in [1.165, 1.54) is 10.4 Å². The molecule has 2 aromatic carbocycles. The summed E-state index contributed by atoms with van der Waals surface area (Å²) in [7, 11) is 0. The van der Waals surface area contributed by atoms with Crippen LogP contribution in [0.5, 0.6) is 0 Å². The van der Waals surface area contributed by atoms with Crippen LogP contribution in [0.25, 0.3) is 0 Å². The van der Waals surface area contributed by atoms with Crippen LogP contribution in [0.4, 0.5) is 5.13 Å². The number of nitrogens with zero attached hydrogens (tertiary/aromatic N) is 2. The van der Waals surface area contributed by atoms with E-state index < -0.39 is 0 Å². The van der Waals surface area contributed by atoms with Crippen LogP contribution in [0, 0.1) is 5.92 Å². The second kappa shape index (κ2) is 8.66. The Hall–Kier alpha value is -2.21. The molecule has 0 aliphatic carbocycles. The molecule has 1 amide bonds. The molecule has 4 rings (SSSR count). The van der Waals surface area contributed by atoms with Crippen molar-refractivity contribution in [2.24, 2.45) is 5.92 Å². The maximum absolute atomic E-state index is 12.4. The number of thiazole rings is 1. The molecule has 3 aromatic rings. The van der Waals surface area contributed by atoms with E-state index in [-0.39, 0.29) is 11.9 Å². The summed E-state index contributed by atoms with van der Waals surface area (Å²) in [6.45, 7) is 6.16. The van der Waals surface area contributed by atoms with Gasteiger partial charge in [-0.3, -0.25) is 9.69 Å². The number of carbonyl (C=O) groups is 1. The summed E-state index contributed by atoms with van der Waals surface area (Å²) in [5, 5.41) is 4.44. The molecule has 0 saturated carbocycles. The molecule has 0 unspecified atom stereocenters. The molecule has 0 radical (unpaired) electrons. The minimum Gasteiger partial charge on any atom is -0.302 e. The lowest BCUT2D eigenvalue weighted by atomic mass is 10.0. The third-order valence-corrected chi connectivity index (χ3v) is 6.36. The van der Waals surface area contributed by atoms with Crippen LogP contribution in [-0.4, -0.2) is 15.8 Å². The Kier molecular flexibility index (Phi) is 5.99. The molecule has 1 aliphatic rings. The first-order valence-electron chi connectivity index (χ1n) is 9.81. The van der Waals surface area contributed by atoms with Gasteiger partial charge < -0.3 is 5.32 Å². The molecule has 1 aliphatic heterocycles. The summed E-state index contributed by atoms with van der Waals surface area (Å²) in [4.78, 5) is 20.9. The highest BCUT2D eigenvalue weighted by atomic mass is 35.5. The molecule has 0 bridgehead atoms. The zero-order chi connectivity index (χ0) is 20.4. The van der Waals surface area contributed by atoms with Gasteiger partial charge in [-0.2, -0.15) is 0 Å². The topological polar surface area (TPSA) is 45.2 Å². The van der Waals surface area contributed by atoms with Crippen molar-refractivity contribution in [1.29, 1.82) is 0 Å². The first-order valence-corrected chi connectivity index (χ1v) is 11.0. The average Bonchev–Trinajstić information content (AvgIpc) is 3.20. The van der Waals surface area contributed by atoms with Gasteiger partial charge in [-0.1, -0.05) is 67.9 Å². The number of hydrogen-bond acceptors (Lipinski definition) is 4. The average molecular weight is 426 g/mol. The summed E-state index contributed by atoms with van der Waals surface area (Å²) in [5.74, 6) is 0.404. The Balaban J connectivity index is 1.45. The number of fused-ring (bicyclic) bond motifs is 1. The highest BCUT2D eigenvalue weighted by Gasteiger charge is 2.36. The van der Waals surface area contributed by atoms with E-state index in [1.807, 2.05) is 42.5 Å². The largest absolute Gasteiger partial charge is 0.302 e. The molecule has 6 heteroatoms. The van der Waals surface area contributed by atoms with Gasteiger partial charge in [0, 0.05) is 23.0 Å². The van der Waals surface area contributed by atoms with E-state index >= 15 is 0 Å². The number of aromatic nitrogens is 1. The molecule has 1 aromatic heterocycles. The lowest BCUT2D eigenvalue weighted by molar-refractivity contribution is -0.115. The van der Waals surface area contributed by atoms with Gasteiger partial charge in [-0.25, -0.2) is 4.98 Å². The van der Waals surface area contributed by atoms with Crippen molar-refractivity contribution in [2.75, 3.05) is 5.32 Å². The van der Waals surface area contributed by atoms with E-state index in [9.17, 15) is 4.79 Å². The summed E-state index contributed by atoms with van der Waals surface area (Å²) in [6, 6.07) is 18.1. The molecule has 1 atom stereocenters. The molecule has 150 valence electrons. The van der Waals surface area contributed by atoms with Crippen LogP contribution >= 0.6 is 22.9 Å². The summed E-state index contributed by atoms with van der Waals surface area (Å²) >= 11 is 7.61. The van der Waals surface area contributed by atoms with Crippen LogP contribution in [0.2, 0.25) is 5.02 Å². The van der Waals surface area contributed by atoms with Gasteiger partial charge in [0.2, 0.25) is 5.91 Å². The highest BCUT2D eigenvalue weighted by Crippen LogP contribution is 2.43. The molecule has 0 saturated heterocycles. The Bertz CT molecular complexity index is 985. The van der Waals surface area contributed by atoms with Crippen molar-refractivity contribution in [1.82, 2.24) is 9.88 Å². The van der Waals surface area contributed by atoms with Gasteiger partial charge in [0.1, 0.15) is 0 Å². The summed E-state index contributed by atoms with van der Waals surface area (Å²) in [5.41, 5.74) is 3.35. The normalized spacial score (nSPS) is 16.2. The Morgan fingerprint density at radius 3 is 2.59 bits per heavy atom. The van der Waals surface area contributed by atoms with E-state index in [0.717, 1.165) is 29.4 Å². The van der Waals surface area contributed by atoms with Crippen molar-refractivity contribution in [3.05, 3.63) is 81.3 Å². The fourth-order valence-corrected chi connectivity index (χ4v) is 5.05. The summed E-state index contributed by atoms with van der Waals surface area (Å²) < 4.78 is 0.